The van der Waals surface area contributed by atoms with Gasteiger partial charge in [-0.1, -0.05) is 23.2 Å². The van der Waals surface area contributed by atoms with Crippen molar-refractivity contribution in [1.29, 1.82) is 0 Å². The SMILES string of the molecule is C[C@@H]1Sc2ccc(Cl)cc2C(Cl)=C1C=O. The number of hydrogen-bond donors (Lipinski definition) is 0. The highest BCUT2D eigenvalue weighted by molar-refractivity contribution is 8.00. The van der Waals surface area contributed by atoms with Crippen LogP contribution < -0.4 is 0 Å². The Morgan fingerprint density at radius 3 is 2.80 bits per heavy atom. The average molecular weight is 259 g/mol. The van der Waals surface area contributed by atoms with Crippen LogP contribution in [0.3, 0.4) is 0 Å². The van der Waals surface area contributed by atoms with Gasteiger partial charge in [0.1, 0.15) is 6.29 Å². The minimum atomic E-state index is 0.101. The van der Waals surface area contributed by atoms with Crippen molar-refractivity contribution in [2.75, 3.05) is 0 Å². The van der Waals surface area contributed by atoms with Gasteiger partial charge >= 0.3 is 0 Å². The molecule has 78 valence electrons. The second-order valence-corrected chi connectivity index (χ2v) is 5.48. The zero-order valence-electron chi connectivity index (χ0n) is 7.96. The number of carbonyl (C=O) groups is 1. The fraction of sp³-hybridized carbons (Fsp3) is 0.182. The van der Waals surface area contributed by atoms with E-state index in [1.165, 1.54) is 0 Å². The molecule has 0 unspecified atom stereocenters. The van der Waals surface area contributed by atoms with Gasteiger partial charge in [0.25, 0.3) is 0 Å². The number of thioether (sulfide) groups is 1. The molecule has 2 rings (SSSR count). The summed E-state index contributed by atoms with van der Waals surface area (Å²) in [5.74, 6) is 0. The maximum Gasteiger partial charge on any atom is 0.148 e. The number of hydrogen-bond acceptors (Lipinski definition) is 2. The number of fused-ring (bicyclic) bond motifs is 1. The van der Waals surface area contributed by atoms with Crippen LogP contribution in [0.25, 0.3) is 5.03 Å². The van der Waals surface area contributed by atoms with Gasteiger partial charge < -0.3 is 0 Å². The van der Waals surface area contributed by atoms with Gasteiger partial charge in [0.2, 0.25) is 0 Å². The molecule has 1 aliphatic rings. The molecule has 0 N–H and O–H groups in total. The van der Waals surface area contributed by atoms with Gasteiger partial charge in [-0.3, -0.25) is 4.79 Å². The van der Waals surface area contributed by atoms with Gasteiger partial charge in [0, 0.05) is 26.3 Å². The van der Waals surface area contributed by atoms with Crippen molar-refractivity contribution >= 4 is 46.3 Å². The molecule has 0 aromatic heterocycles. The molecule has 4 heteroatoms. The Morgan fingerprint density at radius 1 is 1.40 bits per heavy atom. The molecule has 1 heterocycles. The zero-order chi connectivity index (χ0) is 11.0. The molecule has 0 spiro atoms. The molecule has 0 aliphatic carbocycles. The first kappa shape index (κ1) is 11.1. The molecule has 1 nitrogen and oxygen atoms in total. The highest BCUT2D eigenvalue weighted by Crippen LogP contribution is 2.43. The Labute approximate surface area is 102 Å². The Kier molecular flexibility index (Phi) is 3.10. The topological polar surface area (TPSA) is 17.1 Å². The van der Waals surface area contributed by atoms with Crippen LogP contribution in [-0.4, -0.2) is 11.5 Å². The lowest BCUT2D eigenvalue weighted by Crippen LogP contribution is -2.09. The van der Waals surface area contributed by atoms with Crippen LogP contribution >= 0.6 is 35.0 Å². The van der Waals surface area contributed by atoms with E-state index in [9.17, 15) is 4.79 Å². The van der Waals surface area contributed by atoms with Gasteiger partial charge in [0.15, 0.2) is 0 Å². The van der Waals surface area contributed by atoms with E-state index in [0.717, 1.165) is 16.7 Å². The summed E-state index contributed by atoms with van der Waals surface area (Å²) >= 11 is 13.7. The minimum Gasteiger partial charge on any atom is -0.298 e. The van der Waals surface area contributed by atoms with E-state index >= 15 is 0 Å². The van der Waals surface area contributed by atoms with Gasteiger partial charge in [-0.15, -0.1) is 11.8 Å². The third-order valence-electron chi connectivity index (χ3n) is 2.30. The van der Waals surface area contributed by atoms with Gasteiger partial charge in [-0.25, -0.2) is 0 Å². The molecule has 0 fully saturated rings. The molecule has 0 amide bonds. The Balaban J connectivity index is 2.63. The maximum absolute atomic E-state index is 10.9. The summed E-state index contributed by atoms with van der Waals surface area (Å²) in [6.07, 6.45) is 0.823. The first-order valence-electron chi connectivity index (χ1n) is 4.45. The van der Waals surface area contributed by atoms with Crippen LogP contribution in [0.4, 0.5) is 0 Å². The lowest BCUT2D eigenvalue weighted by Gasteiger charge is -2.21. The van der Waals surface area contributed by atoms with Crippen LogP contribution in [0.15, 0.2) is 28.7 Å². The smallest absolute Gasteiger partial charge is 0.148 e. The molecule has 1 aromatic rings. The molecular weight excluding hydrogens is 251 g/mol. The van der Waals surface area contributed by atoms with Crippen LogP contribution in [0.2, 0.25) is 5.02 Å². The van der Waals surface area contributed by atoms with Gasteiger partial charge in [-0.2, -0.15) is 0 Å². The predicted molar refractivity (Wildman–Crippen MR) is 65.6 cm³/mol. The molecule has 1 aromatic carbocycles. The monoisotopic (exact) mass is 258 g/mol. The number of aldehydes is 1. The Hall–Kier alpha value is -0.440. The highest BCUT2D eigenvalue weighted by Gasteiger charge is 2.23. The van der Waals surface area contributed by atoms with Crippen LogP contribution in [-0.2, 0) is 4.79 Å². The Morgan fingerprint density at radius 2 is 2.13 bits per heavy atom. The summed E-state index contributed by atoms with van der Waals surface area (Å²) in [4.78, 5) is 12.0. The van der Waals surface area contributed by atoms with E-state index in [1.54, 1.807) is 17.8 Å². The van der Waals surface area contributed by atoms with Crippen molar-refractivity contribution in [2.24, 2.45) is 0 Å². The second kappa shape index (κ2) is 4.20. The molecule has 15 heavy (non-hydrogen) atoms. The zero-order valence-corrected chi connectivity index (χ0v) is 10.3. The summed E-state index contributed by atoms with van der Waals surface area (Å²) in [6.45, 7) is 1.97. The lowest BCUT2D eigenvalue weighted by molar-refractivity contribution is -0.104. The predicted octanol–water partition coefficient (Wildman–Crippen LogP) is 3.98. The number of halogens is 2. The molecule has 1 aliphatic heterocycles. The summed E-state index contributed by atoms with van der Waals surface area (Å²) < 4.78 is 0. The highest BCUT2D eigenvalue weighted by atomic mass is 35.5. The quantitative estimate of drug-likeness (QED) is 0.709. The fourth-order valence-corrected chi connectivity index (χ4v) is 3.29. The third-order valence-corrected chi connectivity index (χ3v) is 4.17. The van der Waals surface area contributed by atoms with Crippen molar-refractivity contribution in [1.82, 2.24) is 0 Å². The van der Waals surface area contributed by atoms with Crippen molar-refractivity contribution in [2.45, 2.75) is 17.1 Å². The Bertz CT molecular complexity index is 454. The third kappa shape index (κ3) is 1.94. The van der Waals surface area contributed by atoms with E-state index in [-0.39, 0.29) is 5.25 Å². The summed E-state index contributed by atoms with van der Waals surface area (Å²) in [5, 5.41) is 1.25. The average Bonchev–Trinajstić information content (AvgIpc) is 2.20. The number of rotatable bonds is 1. The normalized spacial score (nSPS) is 20.1. The van der Waals surface area contributed by atoms with Crippen LogP contribution in [0.5, 0.6) is 0 Å². The number of carbonyl (C=O) groups excluding carboxylic acids is 1. The number of benzene rings is 1. The standard InChI is InChI=1S/C11H8Cl2OS/c1-6-9(5-14)11(13)8-4-7(12)2-3-10(8)15-6/h2-6H,1H3/t6-/m0/s1. The minimum absolute atomic E-state index is 0.101. The van der Waals surface area contributed by atoms with Crippen molar-refractivity contribution < 1.29 is 4.79 Å². The molecule has 0 bridgehead atoms. The first-order chi connectivity index (χ1) is 7.13. The molecular formula is C11H8Cl2OS. The van der Waals surface area contributed by atoms with E-state index < -0.39 is 0 Å². The molecule has 0 saturated heterocycles. The molecule has 0 saturated carbocycles. The van der Waals surface area contributed by atoms with Gasteiger partial charge in [-0.05, 0) is 25.1 Å². The van der Waals surface area contributed by atoms with Gasteiger partial charge in [0.05, 0.1) is 5.03 Å². The molecule has 1 atom stereocenters. The first-order valence-corrected chi connectivity index (χ1v) is 6.08. The second-order valence-electron chi connectivity index (χ2n) is 3.29. The van der Waals surface area contributed by atoms with E-state index in [4.69, 9.17) is 23.2 Å². The summed E-state index contributed by atoms with van der Waals surface area (Å²) in [5.41, 5.74) is 1.49. The van der Waals surface area contributed by atoms with Crippen molar-refractivity contribution in [3.63, 3.8) is 0 Å². The lowest BCUT2D eigenvalue weighted by atomic mass is 10.1. The molecule has 0 radical (unpaired) electrons. The summed E-state index contributed by atoms with van der Waals surface area (Å²) in [6, 6.07) is 5.56. The van der Waals surface area contributed by atoms with Crippen LogP contribution in [0.1, 0.15) is 12.5 Å². The van der Waals surface area contributed by atoms with E-state index in [2.05, 4.69) is 0 Å². The van der Waals surface area contributed by atoms with Crippen LogP contribution in [0, 0.1) is 0 Å². The van der Waals surface area contributed by atoms with E-state index in [1.807, 2.05) is 19.1 Å². The van der Waals surface area contributed by atoms with E-state index in [0.29, 0.717) is 15.6 Å². The fourth-order valence-electron chi connectivity index (χ4n) is 1.51. The maximum atomic E-state index is 10.9. The summed E-state index contributed by atoms with van der Waals surface area (Å²) in [7, 11) is 0. The largest absolute Gasteiger partial charge is 0.298 e. The van der Waals surface area contributed by atoms with Crippen molar-refractivity contribution in [3.05, 3.63) is 34.4 Å². The van der Waals surface area contributed by atoms with Crippen molar-refractivity contribution in [3.8, 4) is 0 Å².